The Bertz CT molecular complexity index is 2360. The maximum Gasteiger partial charge on any atom is 0.408 e. The Morgan fingerprint density at radius 3 is 1.80 bits per heavy atom. The number of aromatic hydroxyl groups is 1. The van der Waals surface area contributed by atoms with Crippen LogP contribution in [0, 0.1) is 5.92 Å². The Morgan fingerprint density at radius 1 is 0.623 bits per heavy atom. The lowest BCUT2D eigenvalue weighted by atomic mass is 9.94. The monoisotopic (exact) mass is 949 g/mol. The van der Waals surface area contributed by atoms with Crippen molar-refractivity contribution in [1.82, 2.24) is 31.9 Å². The third kappa shape index (κ3) is 19.4. The number of hydrogen-bond donors (Lipinski definition) is 10. The predicted octanol–water partition coefficient (Wildman–Crippen LogP) is 2.32. The first-order chi connectivity index (χ1) is 33.0. The van der Waals surface area contributed by atoms with E-state index in [9.17, 15) is 43.8 Å². The number of phenols is 1. The maximum atomic E-state index is 13.9. The molecule has 0 unspecified atom stereocenters. The lowest BCUT2D eigenvalue weighted by Gasteiger charge is -2.26. The van der Waals surface area contributed by atoms with Crippen LogP contribution >= 0.6 is 0 Å². The smallest absolute Gasteiger partial charge is 0.408 e. The molecule has 0 saturated heterocycles. The number of guanidine groups is 1. The first-order valence-corrected chi connectivity index (χ1v) is 22.6. The summed E-state index contributed by atoms with van der Waals surface area (Å²) in [5.74, 6) is -5.29. The molecule has 4 aromatic carbocycles. The minimum Gasteiger partial charge on any atom is -0.508 e. The number of benzene rings is 4. The summed E-state index contributed by atoms with van der Waals surface area (Å²) < 4.78 is 5.42. The number of nitrogens with two attached hydrogens (primary N) is 2. The third-order valence-corrected chi connectivity index (χ3v) is 10.7. The molecule has 0 spiro atoms. The second kappa shape index (κ2) is 27.6. The van der Waals surface area contributed by atoms with Crippen molar-refractivity contribution >= 4 is 47.6 Å². The summed E-state index contributed by atoms with van der Waals surface area (Å²) in [7, 11) is 0. The van der Waals surface area contributed by atoms with Gasteiger partial charge in [-0.1, -0.05) is 111 Å². The Morgan fingerprint density at radius 2 is 1.19 bits per heavy atom. The van der Waals surface area contributed by atoms with Gasteiger partial charge in [0.25, 0.3) is 0 Å². The molecule has 19 heteroatoms. The van der Waals surface area contributed by atoms with Gasteiger partial charge in [0, 0.05) is 19.4 Å². The Hall–Kier alpha value is -7.96. The Labute approximate surface area is 401 Å². The second-order valence-electron chi connectivity index (χ2n) is 16.9. The van der Waals surface area contributed by atoms with Gasteiger partial charge in [0.05, 0.1) is 6.54 Å². The zero-order valence-electron chi connectivity index (χ0n) is 39.0. The first kappa shape index (κ1) is 53.7. The molecule has 69 heavy (non-hydrogen) atoms. The molecule has 0 saturated carbocycles. The molecule has 0 radical (unpaired) electrons. The number of aliphatic imine (C=N–C) groups is 1. The van der Waals surface area contributed by atoms with Crippen molar-refractivity contribution in [2.75, 3.05) is 13.1 Å². The van der Waals surface area contributed by atoms with Gasteiger partial charge in [-0.15, -0.1) is 0 Å². The average molecular weight is 950 g/mol. The second-order valence-corrected chi connectivity index (χ2v) is 16.9. The SMILES string of the molecule is CC(C)C[C@H](NC(=O)[C@H](Cc1ccccc1)NC(=O)CNC(=O)[C@H](C)NC(=O)[C@H](Cc1ccc(O)cc1Cc1ccccc1)NC(=O)OCc1ccccc1)C(=O)N[C@@H](CCCN=C(N)N)C(=O)O. The number of phenolic OH excluding ortho intramolecular Hbond substituents is 1. The molecule has 0 aliphatic heterocycles. The van der Waals surface area contributed by atoms with Gasteiger partial charge in [-0.25, -0.2) is 9.59 Å². The van der Waals surface area contributed by atoms with Crippen LogP contribution in [0.3, 0.4) is 0 Å². The van der Waals surface area contributed by atoms with Crippen molar-refractivity contribution < 1.29 is 48.5 Å². The largest absolute Gasteiger partial charge is 0.508 e. The minimum atomic E-state index is -1.30. The highest BCUT2D eigenvalue weighted by atomic mass is 16.5. The molecule has 0 bridgehead atoms. The van der Waals surface area contributed by atoms with Gasteiger partial charge < -0.3 is 58.3 Å². The number of alkyl carbamates (subject to hydrolysis) is 1. The fraction of sp³-hybridized carbons (Fsp3) is 0.360. The molecule has 12 N–H and O–H groups in total. The van der Waals surface area contributed by atoms with Crippen molar-refractivity contribution in [3.8, 4) is 5.75 Å². The molecule has 0 aromatic heterocycles. The molecule has 0 fully saturated rings. The molecule has 19 nitrogen and oxygen atoms in total. The van der Waals surface area contributed by atoms with E-state index in [1.807, 2.05) is 50.2 Å². The predicted molar refractivity (Wildman–Crippen MR) is 258 cm³/mol. The normalized spacial score (nSPS) is 13.0. The van der Waals surface area contributed by atoms with Crippen molar-refractivity contribution in [2.24, 2.45) is 22.4 Å². The number of carbonyl (C=O) groups excluding carboxylic acids is 6. The molecule has 0 aliphatic carbocycles. The van der Waals surface area contributed by atoms with Crippen molar-refractivity contribution in [2.45, 2.75) is 96.1 Å². The van der Waals surface area contributed by atoms with Gasteiger partial charge in [0.2, 0.25) is 29.5 Å². The number of rotatable bonds is 26. The number of aliphatic carboxylic acids is 1. The fourth-order valence-corrected chi connectivity index (χ4v) is 7.14. The van der Waals surface area contributed by atoms with Crippen LogP contribution in [0.25, 0.3) is 0 Å². The minimum absolute atomic E-state index is 0.00630. The summed E-state index contributed by atoms with van der Waals surface area (Å²) in [4.78, 5) is 97.1. The molecule has 4 rings (SSSR count). The molecule has 5 atom stereocenters. The summed E-state index contributed by atoms with van der Waals surface area (Å²) in [5, 5.41) is 35.6. The Balaban J connectivity index is 1.44. The van der Waals surface area contributed by atoms with Gasteiger partial charge in [-0.3, -0.25) is 29.0 Å². The third-order valence-electron chi connectivity index (χ3n) is 10.7. The number of carboxylic acid groups (broad SMARTS) is 1. The van der Waals surface area contributed by atoms with Crippen LogP contribution in [0.4, 0.5) is 4.79 Å². The van der Waals surface area contributed by atoms with E-state index in [4.69, 9.17) is 16.2 Å². The van der Waals surface area contributed by atoms with E-state index >= 15 is 0 Å². The Kier molecular flexibility index (Phi) is 21.5. The van der Waals surface area contributed by atoms with E-state index < -0.39 is 78.4 Å². The van der Waals surface area contributed by atoms with E-state index in [2.05, 4.69) is 36.9 Å². The molecule has 368 valence electrons. The zero-order valence-corrected chi connectivity index (χ0v) is 39.0. The van der Waals surface area contributed by atoms with Gasteiger partial charge in [-0.05, 0) is 78.5 Å². The number of hydrogen-bond acceptors (Lipinski definition) is 10. The van der Waals surface area contributed by atoms with Crippen molar-refractivity contribution in [3.63, 3.8) is 0 Å². The summed E-state index contributed by atoms with van der Waals surface area (Å²) in [6.45, 7) is 4.50. The highest BCUT2D eigenvalue weighted by Gasteiger charge is 2.31. The van der Waals surface area contributed by atoms with Crippen LogP contribution in [0.15, 0.2) is 114 Å². The van der Waals surface area contributed by atoms with Gasteiger partial charge >= 0.3 is 12.1 Å². The van der Waals surface area contributed by atoms with Gasteiger partial charge in [-0.2, -0.15) is 0 Å². The molecule has 6 amide bonds. The number of nitrogens with one attached hydrogen (secondary N) is 6. The number of nitrogens with zero attached hydrogens (tertiary/aromatic N) is 1. The molecule has 4 aromatic rings. The highest BCUT2D eigenvalue weighted by molar-refractivity contribution is 5.95. The average Bonchev–Trinajstić information content (AvgIpc) is 3.31. The van der Waals surface area contributed by atoms with Crippen LogP contribution in [-0.2, 0) is 59.4 Å². The van der Waals surface area contributed by atoms with Crippen LogP contribution in [0.5, 0.6) is 5.75 Å². The van der Waals surface area contributed by atoms with E-state index in [0.29, 0.717) is 23.1 Å². The highest BCUT2D eigenvalue weighted by Crippen LogP contribution is 2.22. The summed E-state index contributed by atoms with van der Waals surface area (Å²) >= 11 is 0. The molecule has 0 aliphatic rings. The van der Waals surface area contributed by atoms with Gasteiger partial charge in [0.1, 0.15) is 42.6 Å². The fourth-order valence-electron chi connectivity index (χ4n) is 7.14. The van der Waals surface area contributed by atoms with Crippen LogP contribution < -0.4 is 43.4 Å². The zero-order chi connectivity index (χ0) is 50.3. The molecular weight excluding hydrogens is 887 g/mol. The molecule has 0 heterocycles. The topological polar surface area (TPSA) is 306 Å². The van der Waals surface area contributed by atoms with Crippen LogP contribution in [0.2, 0.25) is 0 Å². The summed E-state index contributed by atoms with van der Waals surface area (Å²) in [5.41, 5.74) is 14.4. The number of ether oxygens (including phenoxy) is 1. The van der Waals surface area contributed by atoms with E-state index in [0.717, 1.165) is 11.1 Å². The van der Waals surface area contributed by atoms with Crippen molar-refractivity contribution in [1.29, 1.82) is 0 Å². The number of amides is 6. The lowest BCUT2D eigenvalue weighted by Crippen LogP contribution is -2.57. The maximum absolute atomic E-state index is 13.9. The van der Waals surface area contributed by atoms with Crippen LogP contribution in [0.1, 0.15) is 67.9 Å². The number of carbonyl (C=O) groups is 7. The lowest BCUT2D eigenvalue weighted by molar-refractivity contribution is -0.142. The van der Waals surface area contributed by atoms with E-state index in [1.165, 1.54) is 13.0 Å². The first-order valence-electron chi connectivity index (χ1n) is 22.6. The van der Waals surface area contributed by atoms with E-state index in [-0.39, 0.29) is 62.9 Å². The quantitative estimate of drug-likeness (QED) is 0.0247. The van der Waals surface area contributed by atoms with Crippen LogP contribution in [-0.4, -0.2) is 101 Å². The molecular formula is C50H63N9O10. The standard InChI is InChI=1S/C50H63N9O10/c1-31(2)24-40(46(64)57-39(48(66)67)20-13-23-53-49(51)52)58-47(65)41(26-34-16-9-5-10-17-34)56-43(61)29-54-44(62)32(3)55-45(63)42(59-50(68)69-30-35-18-11-6-12-19-35)28-36-21-22-38(60)27-37(36)25-33-14-7-4-8-15-33/h4-12,14-19,21-22,27,31-32,39-42,60H,13,20,23-26,28-30H2,1-3H3,(H,54,62)(H,55,63)(H,56,61)(H,57,64)(H,58,65)(H,59,68)(H,66,67)(H4,51,52,53)/t32-,39-,40-,41-,42-/m0/s1. The summed E-state index contributed by atoms with van der Waals surface area (Å²) in [6.07, 6.45) is -0.121. The van der Waals surface area contributed by atoms with Gasteiger partial charge in [0.15, 0.2) is 5.96 Å². The number of carboxylic acids is 1. The summed E-state index contributed by atoms with van der Waals surface area (Å²) in [6, 6.07) is 25.7. The van der Waals surface area contributed by atoms with E-state index in [1.54, 1.807) is 66.7 Å². The van der Waals surface area contributed by atoms with Crippen molar-refractivity contribution in [3.05, 3.63) is 137 Å².